The number of halogens is 2. The standard InChI is InChI=1S/C18H16F2N4O2S/c1-11-5-4-6-12(9-11)16-22-23-18(27)24(16)10-15(25)21-13-7-2-3-8-14(13)26-17(19)20/h2-9,17H,10H2,1H3,(H,21,25)(H,23,27). The van der Waals surface area contributed by atoms with Crippen LogP contribution in [0.25, 0.3) is 11.4 Å². The molecule has 0 saturated heterocycles. The molecule has 140 valence electrons. The van der Waals surface area contributed by atoms with Crippen LogP contribution in [-0.2, 0) is 11.3 Å². The van der Waals surface area contributed by atoms with E-state index in [1.165, 1.54) is 22.8 Å². The third-order valence-corrected chi connectivity index (χ3v) is 4.03. The highest BCUT2D eigenvalue weighted by atomic mass is 32.1. The number of carbonyl (C=O) groups excluding carboxylic acids is 1. The number of para-hydroxylation sites is 2. The predicted octanol–water partition coefficient (Wildman–Crippen LogP) is 4.16. The molecule has 0 spiro atoms. The van der Waals surface area contributed by atoms with Gasteiger partial charge in [-0.25, -0.2) is 0 Å². The SMILES string of the molecule is Cc1cccc(-c2n[nH]c(=S)n2CC(=O)Nc2ccccc2OC(F)F)c1. The Morgan fingerprint density at radius 3 is 2.81 bits per heavy atom. The largest absolute Gasteiger partial charge is 0.433 e. The Balaban J connectivity index is 1.82. The first kappa shape index (κ1) is 18.7. The number of aryl methyl sites for hydroxylation is 1. The van der Waals surface area contributed by atoms with Crippen LogP contribution >= 0.6 is 12.2 Å². The molecule has 0 fully saturated rings. The van der Waals surface area contributed by atoms with Gasteiger partial charge in [0.2, 0.25) is 5.91 Å². The van der Waals surface area contributed by atoms with Crippen molar-refractivity contribution < 1.29 is 18.3 Å². The van der Waals surface area contributed by atoms with E-state index in [-0.39, 0.29) is 22.8 Å². The molecule has 0 radical (unpaired) electrons. The second kappa shape index (κ2) is 8.09. The minimum Gasteiger partial charge on any atom is -0.433 e. The maximum Gasteiger partial charge on any atom is 0.387 e. The molecular weight excluding hydrogens is 374 g/mol. The predicted molar refractivity (Wildman–Crippen MR) is 99.3 cm³/mol. The number of nitrogens with one attached hydrogen (secondary N) is 2. The van der Waals surface area contributed by atoms with Crippen molar-refractivity contribution in [1.29, 1.82) is 0 Å². The summed E-state index contributed by atoms with van der Waals surface area (Å²) in [7, 11) is 0. The highest BCUT2D eigenvalue weighted by Crippen LogP contribution is 2.26. The van der Waals surface area contributed by atoms with Gasteiger partial charge in [0, 0.05) is 5.56 Å². The highest BCUT2D eigenvalue weighted by molar-refractivity contribution is 7.71. The van der Waals surface area contributed by atoms with Crippen molar-refractivity contribution in [2.75, 3.05) is 5.32 Å². The lowest BCUT2D eigenvalue weighted by Gasteiger charge is -2.12. The lowest BCUT2D eigenvalue weighted by atomic mass is 10.1. The van der Waals surface area contributed by atoms with Gasteiger partial charge < -0.3 is 10.1 Å². The molecule has 0 aliphatic carbocycles. The van der Waals surface area contributed by atoms with E-state index in [1.54, 1.807) is 6.07 Å². The molecule has 0 bridgehead atoms. The number of H-pyrrole nitrogens is 1. The van der Waals surface area contributed by atoms with Crippen LogP contribution in [0.4, 0.5) is 14.5 Å². The second-order valence-corrected chi connectivity index (χ2v) is 6.12. The van der Waals surface area contributed by atoms with Gasteiger partial charge in [0.05, 0.1) is 5.69 Å². The van der Waals surface area contributed by atoms with Crippen molar-refractivity contribution in [3.63, 3.8) is 0 Å². The Hall–Kier alpha value is -3.07. The molecular formula is C18H16F2N4O2S. The average molecular weight is 390 g/mol. The first-order valence-electron chi connectivity index (χ1n) is 8.00. The summed E-state index contributed by atoms with van der Waals surface area (Å²) in [6.45, 7) is -1.18. The van der Waals surface area contributed by atoms with Gasteiger partial charge >= 0.3 is 6.61 Å². The number of hydrogen-bond acceptors (Lipinski definition) is 4. The third-order valence-electron chi connectivity index (χ3n) is 3.71. The van der Waals surface area contributed by atoms with Gasteiger partial charge in [-0.2, -0.15) is 13.9 Å². The maximum atomic E-state index is 12.5. The summed E-state index contributed by atoms with van der Waals surface area (Å²) in [5, 5.41) is 9.43. The molecule has 0 aliphatic rings. The summed E-state index contributed by atoms with van der Waals surface area (Å²) < 4.78 is 31.2. The maximum absolute atomic E-state index is 12.5. The molecule has 0 saturated carbocycles. The van der Waals surface area contributed by atoms with E-state index >= 15 is 0 Å². The number of alkyl halides is 2. The molecule has 0 aliphatic heterocycles. The zero-order chi connectivity index (χ0) is 19.4. The van der Waals surface area contributed by atoms with Crippen LogP contribution in [0.3, 0.4) is 0 Å². The minimum atomic E-state index is -2.99. The number of hydrogen-bond donors (Lipinski definition) is 2. The van der Waals surface area contributed by atoms with Crippen LogP contribution in [0, 0.1) is 11.7 Å². The van der Waals surface area contributed by atoms with Gasteiger partial charge in [0.25, 0.3) is 0 Å². The number of benzene rings is 2. The highest BCUT2D eigenvalue weighted by Gasteiger charge is 2.15. The van der Waals surface area contributed by atoms with E-state index in [0.717, 1.165) is 11.1 Å². The minimum absolute atomic E-state index is 0.115. The number of nitrogens with zero attached hydrogens (tertiary/aromatic N) is 2. The van der Waals surface area contributed by atoms with Gasteiger partial charge in [-0.3, -0.25) is 14.5 Å². The Morgan fingerprint density at radius 2 is 2.07 bits per heavy atom. The molecule has 0 atom stereocenters. The second-order valence-electron chi connectivity index (χ2n) is 5.73. The number of ether oxygens (including phenoxy) is 1. The number of carbonyl (C=O) groups is 1. The van der Waals surface area contributed by atoms with Crippen molar-refractivity contribution in [2.45, 2.75) is 20.1 Å². The van der Waals surface area contributed by atoms with Crippen LogP contribution in [-0.4, -0.2) is 27.3 Å². The molecule has 3 aromatic rings. The van der Waals surface area contributed by atoms with Crippen molar-refractivity contribution in [3.05, 3.63) is 58.9 Å². The zero-order valence-electron chi connectivity index (χ0n) is 14.3. The fourth-order valence-electron chi connectivity index (χ4n) is 2.57. The van der Waals surface area contributed by atoms with Crippen molar-refractivity contribution in [3.8, 4) is 17.1 Å². The lowest BCUT2D eigenvalue weighted by molar-refractivity contribution is -0.116. The first-order valence-corrected chi connectivity index (χ1v) is 8.41. The average Bonchev–Trinajstić information content (AvgIpc) is 2.97. The molecule has 2 N–H and O–H groups in total. The van der Waals surface area contributed by atoms with Crippen molar-refractivity contribution >= 4 is 23.8 Å². The molecule has 1 aromatic heterocycles. The van der Waals surface area contributed by atoms with E-state index in [2.05, 4.69) is 20.3 Å². The van der Waals surface area contributed by atoms with Crippen molar-refractivity contribution in [1.82, 2.24) is 14.8 Å². The summed E-state index contributed by atoms with van der Waals surface area (Å²) in [6.07, 6.45) is 0. The fourth-order valence-corrected chi connectivity index (χ4v) is 2.77. The molecule has 6 nitrogen and oxygen atoms in total. The normalized spacial score (nSPS) is 10.8. The van der Waals surface area contributed by atoms with Gasteiger partial charge in [0.1, 0.15) is 12.3 Å². The zero-order valence-corrected chi connectivity index (χ0v) is 15.1. The summed E-state index contributed by atoms with van der Waals surface area (Å²) in [5.41, 5.74) is 1.99. The van der Waals surface area contributed by atoms with E-state index in [0.29, 0.717) is 5.82 Å². The topological polar surface area (TPSA) is 71.9 Å². The number of aromatic nitrogens is 3. The number of aromatic amines is 1. The van der Waals surface area contributed by atoms with Gasteiger partial charge in [-0.05, 0) is 37.3 Å². The number of anilines is 1. The Labute approximate surface area is 158 Å². The van der Waals surface area contributed by atoms with E-state index in [4.69, 9.17) is 12.2 Å². The Morgan fingerprint density at radius 1 is 1.30 bits per heavy atom. The molecule has 9 heteroatoms. The van der Waals surface area contributed by atoms with E-state index in [1.807, 2.05) is 31.2 Å². The summed E-state index contributed by atoms with van der Waals surface area (Å²) in [4.78, 5) is 12.5. The van der Waals surface area contributed by atoms with E-state index < -0.39 is 12.5 Å². The monoisotopic (exact) mass is 390 g/mol. The van der Waals surface area contributed by atoms with Gasteiger partial charge in [-0.1, -0.05) is 35.9 Å². The Bertz CT molecular complexity index is 1020. The van der Waals surface area contributed by atoms with E-state index in [9.17, 15) is 13.6 Å². The lowest BCUT2D eigenvalue weighted by Crippen LogP contribution is -2.20. The summed E-state index contributed by atoms with van der Waals surface area (Å²) in [6, 6.07) is 13.6. The quantitative estimate of drug-likeness (QED) is 0.620. The van der Waals surface area contributed by atoms with Crippen LogP contribution in [0.1, 0.15) is 5.56 Å². The van der Waals surface area contributed by atoms with Crippen molar-refractivity contribution in [2.24, 2.45) is 0 Å². The number of amides is 1. The van der Waals surface area contributed by atoms with Gasteiger partial charge in [0.15, 0.2) is 10.6 Å². The Kier molecular flexibility index (Phi) is 5.60. The smallest absolute Gasteiger partial charge is 0.387 e. The molecule has 1 heterocycles. The molecule has 0 unspecified atom stereocenters. The third kappa shape index (κ3) is 4.56. The molecule has 27 heavy (non-hydrogen) atoms. The summed E-state index contributed by atoms with van der Waals surface area (Å²) in [5.74, 6) is -0.0572. The van der Waals surface area contributed by atoms with Crippen LogP contribution in [0.2, 0.25) is 0 Å². The summed E-state index contributed by atoms with van der Waals surface area (Å²) >= 11 is 5.21. The first-order chi connectivity index (χ1) is 12.9. The number of rotatable bonds is 6. The van der Waals surface area contributed by atoms with Crippen LogP contribution in [0.5, 0.6) is 5.75 Å². The van der Waals surface area contributed by atoms with Gasteiger partial charge in [-0.15, -0.1) is 0 Å². The molecule has 3 rings (SSSR count). The molecule has 2 aromatic carbocycles. The fraction of sp³-hybridized carbons (Fsp3) is 0.167. The van der Waals surface area contributed by atoms with Crippen LogP contribution in [0.15, 0.2) is 48.5 Å². The molecule has 1 amide bonds. The van der Waals surface area contributed by atoms with Crippen LogP contribution < -0.4 is 10.1 Å².